The van der Waals surface area contributed by atoms with Crippen LogP contribution in [0.1, 0.15) is 77.3 Å². The molecule has 1 saturated heterocycles. The van der Waals surface area contributed by atoms with Crippen molar-refractivity contribution in [2.75, 3.05) is 12.8 Å². The monoisotopic (exact) mass is 763 g/mol. The van der Waals surface area contributed by atoms with Crippen LogP contribution in [0.4, 0.5) is 5.95 Å². The van der Waals surface area contributed by atoms with Crippen LogP contribution < -0.4 is 10.9 Å². The molecular weight excluding hydrogens is 711 g/mol. The van der Waals surface area contributed by atoms with E-state index in [4.69, 9.17) is 14.2 Å². The standard InChI is InChI=1S/C42H51N8O4P/c1-29(2)26-44-41-46-39-38(40(51)47-41)45-28-49(39)37-25-35(36(54-37)27-53-55(52,24-16-23-43)50(30(3)4)31(5)6)48-42(32-17-10-7-11-18-32,33-19-12-8-13-20-33)34-21-14-9-15-22-34/h7-15,17-22,26,28-31,35-37,48,52H,16,24-25,27H2,1-6H3/p+1/t35-,36+,37+,55?/m0/s1. The fourth-order valence-corrected chi connectivity index (χ4v) is 10.4. The van der Waals surface area contributed by atoms with Gasteiger partial charge in [-0.05, 0) is 50.3 Å². The molecule has 3 N–H and O–H groups in total. The van der Waals surface area contributed by atoms with Crippen molar-refractivity contribution in [1.29, 1.82) is 5.26 Å². The third kappa shape index (κ3) is 8.63. The van der Waals surface area contributed by atoms with E-state index >= 15 is 0 Å². The first-order valence-corrected chi connectivity index (χ1v) is 20.8. The van der Waals surface area contributed by atoms with Gasteiger partial charge in [0, 0.05) is 30.8 Å². The topological polar surface area (TPSA) is 154 Å². The normalized spacial score (nSPS) is 18.9. The second-order valence-corrected chi connectivity index (χ2v) is 17.4. The fourth-order valence-electron chi connectivity index (χ4n) is 7.66. The molecule has 5 aromatic rings. The van der Waals surface area contributed by atoms with Crippen molar-refractivity contribution >= 4 is 31.2 Å². The minimum Gasteiger partial charge on any atom is -0.350 e. The van der Waals surface area contributed by atoms with Gasteiger partial charge in [-0.15, -0.1) is 4.67 Å². The largest absolute Gasteiger partial charge is 0.350 e. The predicted molar refractivity (Wildman–Crippen MR) is 218 cm³/mol. The average molecular weight is 764 g/mol. The molecule has 288 valence electrons. The summed E-state index contributed by atoms with van der Waals surface area (Å²) in [5.41, 5.74) is 2.43. The Labute approximate surface area is 323 Å². The number of hydrogen-bond donors (Lipinski definition) is 3. The summed E-state index contributed by atoms with van der Waals surface area (Å²) in [5.74, 6) is 0.347. The Morgan fingerprint density at radius 1 is 1.02 bits per heavy atom. The number of H-pyrrole nitrogens is 1. The van der Waals surface area contributed by atoms with E-state index in [0.29, 0.717) is 12.1 Å². The lowest BCUT2D eigenvalue weighted by Crippen LogP contribution is -2.53. The van der Waals surface area contributed by atoms with E-state index in [1.807, 2.05) is 101 Å². The average Bonchev–Trinajstić information content (AvgIpc) is 3.79. The number of rotatable bonds is 16. The van der Waals surface area contributed by atoms with Crippen molar-refractivity contribution < 1.29 is 14.2 Å². The smallest absolute Gasteiger partial charge is 0.346 e. The summed E-state index contributed by atoms with van der Waals surface area (Å²) in [5, 5.41) is 13.7. The minimum absolute atomic E-state index is 0.0286. The van der Waals surface area contributed by atoms with Crippen LogP contribution >= 0.6 is 7.87 Å². The number of nitrogens with one attached hydrogen (secondary N) is 2. The molecule has 1 aliphatic heterocycles. The lowest BCUT2D eigenvalue weighted by Gasteiger charge is -2.40. The summed E-state index contributed by atoms with van der Waals surface area (Å²) in [4.78, 5) is 41.8. The summed E-state index contributed by atoms with van der Waals surface area (Å²) < 4.78 is 17.4. The highest BCUT2D eigenvalue weighted by atomic mass is 31.2. The number of benzene rings is 3. The summed E-state index contributed by atoms with van der Waals surface area (Å²) in [7, 11) is -3.25. The van der Waals surface area contributed by atoms with Gasteiger partial charge in [0.25, 0.3) is 5.56 Å². The van der Waals surface area contributed by atoms with Gasteiger partial charge < -0.3 is 4.74 Å². The molecule has 0 saturated carbocycles. The van der Waals surface area contributed by atoms with Crippen molar-refractivity contribution in [3.8, 4) is 6.07 Å². The van der Waals surface area contributed by atoms with E-state index in [0.717, 1.165) is 16.7 Å². The summed E-state index contributed by atoms with van der Waals surface area (Å²) >= 11 is 0. The van der Waals surface area contributed by atoms with Crippen LogP contribution in [0, 0.1) is 17.2 Å². The van der Waals surface area contributed by atoms with Gasteiger partial charge in [-0.2, -0.15) is 14.8 Å². The molecule has 1 fully saturated rings. The van der Waals surface area contributed by atoms with Gasteiger partial charge in [-0.25, -0.2) is 14.9 Å². The molecule has 13 heteroatoms. The molecule has 2 aromatic heterocycles. The van der Waals surface area contributed by atoms with Crippen molar-refractivity contribution in [1.82, 2.24) is 29.5 Å². The molecule has 0 radical (unpaired) electrons. The molecule has 1 aliphatic rings. The molecule has 12 nitrogen and oxygen atoms in total. The summed E-state index contributed by atoms with van der Waals surface area (Å²) in [6.07, 6.45) is 2.92. The zero-order valence-electron chi connectivity index (χ0n) is 32.4. The zero-order chi connectivity index (χ0) is 39.2. The van der Waals surface area contributed by atoms with Crippen molar-refractivity contribution in [3.63, 3.8) is 0 Å². The van der Waals surface area contributed by atoms with E-state index in [1.165, 1.54) is 0 Å². The Morgan fingerprint density at radius 2 is 1.58 bits per heavy atom. The maximum atomic E-state index is 13.2. The van der Waals surface area contributed by atoms with Crippen LogP contribution in [0.2, 0.25) is 0 Å². The van der Waals surface area contributed by atoms with Crippen LogP contribution in [-0.2, 0) is 14.8 Å². The lowest BCUT2D eigenvalue weighted by molar-refractivity contribution is -0.0248. The molecule has 3 aromatic carbocycles. The molecule has 0 spiro atoms. The predicted octanol–water partition coefficient (Wildman–Crippen LogP) is 7.52. The number of hydrogen-bond acceptors (Lipinski definition) is 10. The number of aromatic nitrogens is 4. The Morgan fingerprint density at radius 3 is 2.09 bits per heavy atom. The highest BCUT2D eigenvalue weighted by Gasteiger charge is 2.51. The van der Waals surface area contributed by atoms with Crippen LogP contribution in [0.25, 0.3) is 11.2 Å². The number of nitriles is 1. The van der Waals surface area contributed by atoms with Crippen LogP contribution in [0.5, 0.6) is 0 Å². The highest BCUT2D eigenvalue weighted by molar-refractivity contribution is 7.63. The third-order valence-electron chi connectivity index (χ3n) is 9.86. The summed E-state index contributed by atoms with van der Waals surface area (Å²) in [6.45, 7) is 12.1. The van der Waals surface area contributed by atoms with Gasteiger partial charge in [-0.3, -0.25) is 19.7 Å². The number of aliphatic imine (C=N–C) groups is 1. The molecule has 6 rings (SSSR count). The number of aromatic amines is 1. The van der Waals surface area contributed by atoms with E-state index in [1.54, 1.807) is 17.1 Å². The molecular formula is C42H52N8O4P+. The maximum absolute atomic E-state index is 13.2. The molecule has 1 unspecified atom stereocenters. The fraction of sp³-hybridized carbons (Fsp3) is 0.405. The van der Waals surface area contributed by atoms with E-state index in [-0.39, 0.29) is 54.7 Å². The Kier molecular flexibility index (Phi) is 12.7. The maximum Gasteiger partial charge on any atom is 0.346 e. The van der Waals surface area contributed by atoms with Crippen LogP contribution in [0.15, 0.2) is 107 Å². The quantitative estimate of drug-likeness (QED) is 0.0526. The van der Waals surface area contributed by atoms with Crippen molar-refractivity contribution in [2.24, 2.45) is 10.9 Å². The first-order valence-electron chi connectivity index (χ1n) is 19.0. The van der Waals surface area contributed by atoms with Crippen molar-refractivity contribution in [2.45, 2.75) is 90.4 Å². The highest BCUT2D eigenvalue weighted by Crippen LogP contribution is 2.62. The Hall–Kier alpha value is -4.60. The van der Waals surface area contributed by atoms with Gasteiger partial charge in [0.05, 0.1) is 24.4 Å². The second kappa shape index (κ2) is 17.5. The van der Waals surface area contributed by atoms with Gasteiger partial charge in [-0.1, -0.05) is 105 Å². The van der Waals surface area contributed by atoms with Crippen molar-refractivity contribution in [3.05, 3.63) is 124 Å². The number of fused-ring (bicyclic) bond motifs is 1. The minimum atomic E-state index is -3.25. The van der Waals surface area contributed by atoms with Gasteiger partial charge >= 0.3 is 7.87 Å². The first kappa shape index (κ1) is 40.1. The Bertz CT molecular complexity index is 2030. The third-order valence-corrected chi connectivity index (χ3v) is 12.9. The Balaban J connectivity index is 1.47. The summed E-state index contributed by atoms with van der Waals surface area (Å²) in [6, 6.07) is 32.8. The van der Waals surface area contributed by atoms with E-state index < -0.39 is 31.3 Å². The van der Waals surface area contributed by atoms with Gasteiger partial charge in [0.1, 0.15) is 25.1 Å². The van der Waals surface area contributed by atoms with E-state index in [9.17, 15) is 14.9 Å². The molecule has 3 heterocycles. The van der Waals surface area contributed by atoms with Crippen LogP contribution in [0.3, 0.4) is 0 Å². The SMILES string of the molecule is CC(C)C=Nc1nc2c(ncn2[C@H]2C[C@H](NC(c3ccccc3)(c3ccccc3)c3ccccc3)[C@@H](CO[P+](O)(CCC#N)N(C(C)C)C(C)C)O2)c(=O)[nH]1. The van der Waals surface area contributed by atoms with Gasteiger partial charge in [0.2, 0.25) is 5.95 Å². The number of nitrogens with zero attached hydrogens (tertiary/aromatic N) is 6. The molecule has 0 amide bonds. The molecule has 0 aliphatic carbocycles. The van der Waals surface area contributed by atoms with Crippen LogP contribution in [-0.4, -0.2) is 72.3 Å². The second-order valence-electron chi connectivity index (χ2n) is 14.9. The van der Waals surface area contributed by atoms with E-state index in [2.05, 4.69) is 62.7 Å². The number of imidazole rings is 1. The number of ether oxygens (including phenoxy) is 1. The molecule has 0 bridgehead atoms. The molecule has 4 atom stereocenters. The zero-order valence-corrected chi connectivity index (χ0v) is 33.3. The lowest BCUT2D eigenvalue weighted by atomic mass is 9.76. The molecule has 55 heavy (non-hydrogen) atoms. The first-order chi connectivity index (χ1) is 26.5. The van der Waals surface area contributed by atoms with Gasteiger partial charge in [0.15, 0.2) is 11.2 Å².